The molecule has 2 fully saturated rings. The molecule has 0 bridgehead atoms. The minimum atomic E-state index is -1.16. The third-order valence-corrected chi connectivity index (χ3v) is 6.12. The van der Waals surface area contributed by atoms with Gasteiger partial charge in [-0.3, -0.25) is 0 Å². The minimum absolute atomic E-state index is 0.199. The van der Waals surface area contributed by atoms with E-state index in [2.05, 4.69) is 4.40 Å². The van der Waals surface area contributed by atoms with Gasteiger partial charge in [-0.15, -0.1) is 0 Å². The molecule has 1 spiro atoms. The summed E-state index contributed by atoms with van der Waals surface area (Å²) in [6, 6.07) is 0. The van der Waals surface area contributed by atoms with Crippen LogP contribution in [0.1, 0.15) is 67.2 Å². The highest BCUT2D eigenvalue weighted by molar-refractivity contribution is 7.91. The van der Waals surface area contributed by atoms with Gasteiger partial charge in [0, 0.05) is 13.1 Å². The fourth-order valence-electron chi connectivity index (χ4n) is 3.36. The van der Waals surface area contributed by atoms with Crippen LogP contribution in [0.3, 0.4) is 0 Å². The molecular formula is C18H32N2O3S. The lowest BCUT2D eigenvalue weighted by Gasteiger charge is -2.51. The largest absolute Gasteiger partial charge is 0.591 e. The summed E-state index contributed by atoms with van der Waals surface area (Å²) in [5, 5.41) is 0. The molecule has 1 saturated carbocycles. The van der Waals surface area contributed by atoms with Crippen molar-refractivity contribution in [1.29, 1.82) is 0 Å². The van der Waals surface area contributed by atoms with Crippen LogP contribution in [0.2, 0.25) is 0 Å². The Morgan fingerprint density at radius 1 is 1.21 bits per heavy atom. The maximum atomic E-state index is 12.1. The number of piperidine rings is 1. The van der Waals surface area contributed by atoms with Crippen LogP contribution >= 0.6 is 0 Å². The quantitative estimate of drug-likeness (QED) is 0.556. The zero-order chi connectivity index (χ0) is 18.2. The lowest BCUT2D eigenvalue weighted by atomic mass is 9.58. The van der Waals surface area contributed by atoms with Gasteiger partial charge in [0.25, 0.3) is 0 Å². The van der Waals surface area contributed by atoms with Gasteiger partial charge >= 0.3 is 6.09 Å². The first-order chi connectivity index (χ1) is 10.9. The highest BCUT2D eigenvalue weighted by atomic mass is 32.2. The number of amides is 1. The van der Waals surface area contributed by atoms with Crippen molar-refractivity contribution >= 4 is 23.7 Å². The SMILES string of the molecule is CC(C)(C)OC(=O)N1CCC2(CC1)CC(/C=N/[S@+]([O-])C(C)(C)C)C2. The maximum absolute atomic E-state index is 12.1. The van der Waals surface area contributed by atoms with E-state index in [0.29, 0.717) is 11.3 Å². The Bertz CT molecular complexity index is 477. The number of hydrogen-bond acceptors (Lipinski definition) is 4. The van der Waals surface area contributed by atoms with Crippen LogP contribution in [0.25, 0.3) is 0 Å². The van der Waals surface area contributed by atoms with E-state index in [0.717, 1.165) is 38.8 Å². The average molecular weight is 357 g/mol. The monoisotopic (exact) mass is 356 g/mol. The molecule has 1 aliphatic carbocycles. The van der Waals surface area contributed by atoms with Crippen LogP contribution < -0.4 is 0 Å². The molecule has 2 rings (SSSR count). The van der Waals surface area contributed by atoms with E-state index in [9.17, 15) is 9.35 Å². The van der Waals surface area contributed by atoms with Gasteiger partial charge in [-0.05, 0) is 78.6 Å². The molecule has 138 valence electrons. The summed E-state index contributed by atoms with van der Waals surface area (Å²) < 4.78 is 21.4. The third kappa shape index (κ3) is 5.12. The summed E-state index contributed by atoms with van der Waals surface area (Å²) in [5.41, 5.74) is -0.0919. The van der Waals surface area contributed by atoms with Crippen LogP contribution in [0.15, 0.2) is 4.40 Å². The fraction of sp³-hybridized carbons (Fsp3) is 0.889. The minimum Gasteiger partial charge on any atom is -0.591 e. The van der Waals surface area contributed by atoms with Crippen LogP contribution in [-0.4, -0.2) is 45.2 Å². The molecule has 24 heavy (non-hydrogen) atoms. The molecule has 6 heteroatoms. The van der Waals surface area contributed by atoms with Crippen LogP contribution in [0, 0.1) is 11.3 Å². The van der Waals surface area contributed by atoms with Crippen molar-refractivity contribution in [1.82, 2.24) is 4.90 Å². The van der Waals surface area contributed by atoms with Gasteiger partial charge in [-0.2, -0.15) is 0 Å². The zero-order valence-electron chi connectivity index (χ0n) is 15.9. The Morgan fingerprint density at radius 2 is 1.75 bits per heavy atom. The van der Waals surface area contributed by atoms with Gasteiger partial charge in [0.05, 0.1) is 6.21 Å². The normalized spacial score (nSPS) is 23.4. The first kappa shape index (κ1) is 19.6. The molecule has 0 aromatic carbocycles. The number of carbonyl (C=O) groups is 1. The molecule has 0 radical (unpaired) electrons. The second kappa shape index (κ2) is 6.87. The average Bonchev–Trinajstić information content (AvgIpc) is 2.39. The van der Waals surface area contributed by atoms with Gasteiger partial charge in [0.1, 0.15) is 21.7 Å². The van der Waals surface area contributed by atoms with Gasteiger partial charge < -0.3 is 14.2 Å². The van der Waals surface area contributed by atoms with Crippen molar-refractivity contribution < 1.29 is 14.1 Å². The van der Waals surface area contributed by atoms with Crippen LogP contribution in [0.4, 0.5) is 4.79 Å². The van der Waals surface area contributed by atoms with E-state index in [4.69, 9.17) is 4.74 Å². The summed E-state index contributed by atoms with van der Waals surface area (Å²) >= 11 is -1.16. The zero-order valence-corrected chi connectivity index (χ0v) is 16.7. The van der Waals surface area contributed by atoms with E-state index in [1.54, 1.807) is 0 Å². The van der Waals surface area contributed by atoms with E-state index in [1.807, 2.05) is 52.7 Å². The van der Waals surface area contributed by atoms with Crippen molar-refractivity contribution in [3.05, 3.63) is 0 Å². The van der Waals surface area contributed by atoms with Gasteiger partial charge in [0.15, 0.2) is 0 Å². The van der Waals surface area contributed by atoms with Gasteiger partial charge in [0.2, 0.25) is 0 Å². The molecule has 2 aliphatic rings. The maximum Gasteiger partial charge on any atom is 0.410 e. The predicted octanol–water partition coefficient (Wildman–Crippen LogP) is 3.95. The third-order valence-electron chi connectivity index (χ3n) is 4.76. The molecule has 0 N–H and O–H groups in total. The Morgan fingerprint density at radius 3 is 2.21 bits per heavy atom. The Kier molecular flexibility index (Phi) is 5.60. The molecule has 1 heterocycles. The smallest absolute Gasteiger partial charge is 0.410 e. The highest BCUT2D eigenvalue weighted by Gasteiger charge is 2.46. The molecule has 0 aromatic heterocycles. The Hall–Kier alpha value is -0.750. The summed E-state index contributed by atoms with van der Waals surface area (Å²) in [5.74, 6) is 0.435. The van der Waals surface area contributed by atoms with E-state index >= 15 is 0 Å². The summed E-state index contributed by atoms with van der Waals surface area (Å²) in [4.78, 5) is 13.9. The summed E-state index contributed by atoms with van der Waals surface area (Å²) in [7, 11) is 0. The van der Waals surface area contributed by atoms with Crippen LogP contribution in [-0.2, 0) is 16.1 Å². The number of ether oxygens (including phenoxy) is 1. The Balaban J connectivity index is 1.76. The van der Waals surface area contributed by atoms with Crippen molar-refractivity contribution in [3.63, 3.8) is 0 Å². The lowest BCUT2D eigenvalue weighted by molar-refractivity contribution is -0.0134. The van der Waals surface area contributed by atoms with Crippen molar-refractivity contribution in [2.45, 2.75) is 77.6 Å². The van der Waals surface area contributed by atoms with E-state index in [-0.39, 0.29) is 10.8 Å². The molecule has 0 aromatic rings. The van der Waals surface area contributed by atoms with Crippen LogP contribution in [0.5, 0.6) is 0 Å². The molecule has 1 atom stereocenters. The number of likely N-dealkylation sites (tertiary alicyclic amines) is 1. The van der Waals surface area contributed by atoms with E-state index in [1.165, 1.54) is 0 Å². The second-order valence-corrected chi connectivity index (χ2v) is 11.2. The molecule has 5 nitrogen and oxygen atoms in total. The number of hydrogen-bond donors (Lipinski definition) is 0. The first-order valence-electron chi connectivity index (χ1n) is 8.84. The molecule has 1 aliphatic heterocycles. The van der Waals surface area contributed by atoms with E-state index < -0.39 is 17.0 Å². The second-order valence-electron chi connectivity index (χ2n) is 9.25. The highest BCUT2D eigenvalue weighted by Crippen LogP contribution is 2.52. The molecule has 1 amide bonds. The molecule has 0 unspecified atom stereocenters. The summed E-state index contributed by atoms with van der Waals surface area (Å²) in [6.07, 6.45) is 5.94. The number of nitrogens with zero attached hydrogens (tertiary/aromatic N) is 2. The fourth-order valence-corrected chi connectivity index (χ4v) is 3.95. The topological polar surface area (TPSA) is 65.0 Å². The first-order valence-corrected chi connectivity index (χ1v) is 9.95. The summed E-state index contributed by atoms with van der Waals surface area (Å²) in [6.45, 7) is 13.0. The van der Waals surface area contributed by atoms with Crippen molar-refractivity contribution in [2.75, 3.05) is 13.1 Å². The molecule has 1 saturated heterocycles. The van der Waals surface area contributed by atoms with Crippen molar-refractivity contribution in [2.24, 2.45) is 15.7 Å². The number of carbonyl (C=O) groups excluding carboxylic acids is 1. The lowest BCUT2D eigenvalue weighted by Crippen LogP contribution is -2.50. The standard InChI is InChI=1S/C18H32N2O3S/c1-16(2,3)23-15(21)20-9-7-18(8-10-20)11-14(12-18)13-19-24(22)17(4,5)6/h13-14H,7-12H2,1-6H3/b19-13+/t24-/m1/s1. The van der Waals surface area contributed by atoms with Crippen molar-refractivity contribution in [3.8, 4) is 0 Å². The van der Waals surface area contributed by atoms with Gasteiger partial charge in [-0.25, -0.2) is 4.79 Å². The van der Waals surface area contributed by atoms with Gasteiger partial charge in [-0.1, -0.05) is 4.40 Å². The predicted molar refractivity (Wildman–Crippen MR) is 98.6 cm³/mol. The molecular weight excluding hydrogens is 324 g/mol. The Labute approximate surface area is 149 Å². The number of rotatable bonds is 2.